The minimum atomic E-state index is -1.10. The van der Waals surface area contributed by atoms with Crippen molar-refractivity contribution >= 4 is 16.9 Å². The second kappa shape index (κ2) is 8.62. The van der Waals surface area contributed by atoms with Crippen molar-refractivity contribution in [2.45, 2.75) is 26.0 Å². The Morgan fingerprint density at radius 3 is 2.58 bits per heavy atom. The van der Waals surface area contributed by atoms with Gasteiger partial charge in [0.2, 0.25) is 0 Å². The molecule has 0 aliphatic heterocycles. The smallest absolute Gasteiger partial charge is 0.190 e. The number of halogens is 1. The maximum Gasteiger partial charge on any atom is 0.190 e. The van der Waals surface area contributed by atoms with E-state index >= 15 is 0 Å². The van der Waals surface area contributed by atoms with Gasteiger partial charge in [0.15, 0.2) is 17.2 Å². The third kappa shape index (κ3) is 4.70. The van der Waals surface area contributed by atoms with Gasteiger partial charge in [0, 0.05) is 30.9 Å². The largest absolute Gasteiger partial charge is 0.497 e. The van der Waals surface area contributed by atoms with Crippen molar-refractivity contribution in [1.29, 1.82) is 0 Å². The Bertz CT molecular complexity index is 1390. The molecular formula is C23H25FN6O3. The number of nitrogens with zero attached hydrogens (tertiary/aromatic N) is 6. The maximum absolute atomic E-state index is 15.0. The van der Waals surface area contributed by atoms with Crippen molar-refractivity contribution in [2.75, 3.05) is 14.2 Å². The van der Waals surface area contributed by atoms with Crippen LogP contribution >= 0.6 is 0 Å². The summed E-state index contributed by atoms with van der Waals surface area (Å²) in [7, 11) is 4.68. The highest BCUT2D eigenvalue weighted by molar-refractivity contribution is 5.73. The number of aromatic nitrogens is 5. The van der Waals surface area contributed by atoms with Crippen molar-refractivity contribution in [3.05, 3.63) is 54.2 Å². The summed E-state index contributed by atoms with van der Waals surface area (Å²) in [6.07, 6.45) is 5.20. The van der Waals surface area contributed by atoms with E-state index in [4.69, 9.17) is 14.5 Å². The van der Waals surface area contributed by atoms with Gasteiger partial charge in [-0.2, -0.15) is 5.10 Å². The number of methoxy groups -OCH3 is 2. The predicted octanol–water partition coefficient (Wildman–Crippen LogP) is 2.99. The van der Waals surface area contributed by atoms with Gasteiger partial charge in [-0.1, -0.05) is 0 Å². The van der Waals surface area contributed by atoms with Crippen LogP contribution in [0.5, 0.6) is 11.5 Å². The molecule has 0 saturated carbocycles. The normalized spacial score (nSPS) is 12.4. The Hall–Kier alpha value is -3.79. The molecule has 0 spiro atoms. The van der Waals surface area contributed by atoms with E-state index in [-0.39, 0.29) is 18.0 Å². The molecule has 172 valence electrons. The van der Waals surface area contributed by atoms with E-state index in [2.05, 4.69) is 15.1 Å². The van der Waals surface area contributed by atoms with Gasteiger partial charge >= 0.3 is 0 Å². The molecule has 0 unspecified atom stereocenters. The highest BCUT2D eigenvalue weighted by Crippen LogP contribution is 2.32. The molecule has 0 atom stereocenters. The van der Waals surface area contributed by atoms with Crippen LogP contribution in [0.1, 0.15) is 13.8 Å². The summed E-state index contributed by atoms with van der Waals surface area (Å²) < 4.78 is 28.7. The second-order valence-corrected chi connectivity index (χ2v) is 8.23. The lowest BCUT2D eigenvalue weighted by molar-refractivity contribution is 0.0614. The summed E-state index contributed by atoms with van der Waals surface area (Å²) in [4.78, 5) is 13.8. The van der Waals surface area contributed by atoms with Crippen molar-refractivity contribution in [2.24, 2.45) is 12.0 Å². The van der Waals surface area contributed by atoms with Crippen LogP contribution < -0.4 is 15.0 Å². The van der Waals surface area contributed by atoms with Gasteiger partial charge < -0.3 is 19.1 Å². The average molecular weight is 452 g/mol. The molecule has 1 aromatic carbocycles. The molecule has 0 fully saturated rings. The number of fused-ring (bicyclic) bond motifs is 1. The zero-order valence-electron chi connectivity index (χ0n) is 19.1. The van der Waals surface area contributed by atoms with Gasteiger partial charge in [-0.15, -0.1) is 0 Å². The minimum absolute atomic E-state index is 0.0154. The van der Waals surface area contributed by atoms with Crippen LogP contribution in [0, 0.1) is 5.82 Å². The number of rotatable bonds is 6. The van der Waals surface area contributed by atoms with Gasteiger partial charge in [-0.25, -0.2) is 14.4 Å². The zero-order valence-corrected chi connectivity index (χ0v) is 19.1. The van der Waals surface area contributed by atoms with E-state index in [1.54, 1.807) is 47.6 Å². The molecule has 3 aromatic heterocycles. The summed E-state index contributed by atoms with van der Waals surface area (Å²) in [5.74, 6) is -0.203. The first-order valence-electron chi connectivity index (χ1n) is 10.2. The van der Waals surface area contributed by atoms with Crippen molar-refractivity contribution in [3.8, 4) is 22.8 Å². The fourth-order valence-electron chi connectivity index (χ4n) is 3.42. The van der Waals surface area contributed by atoms with Crippen LogP contribution in [0.2, 0.25) is 0 Å². The number of aliphatic hydroxyl groups is 1. The van der Waals surface area contributed by atoms with E-state index in [1.165, 1.54) is 26.4 Å². The number of hydrogen-bond acceptors (Lipinski definition) is 7. The lowest BCUT2D eigenvalue weighted by atomic mass is 10.1. The van der Waals surface area contributed by atoms with Gasteiger partial charge in [0.25, 0.3) is 0 Å². The van der Waals surface area contributed by atoms with Crippen LogP contribution in [-0.4, -0.2) is 49.2 Å². The summed E-state index contributed by atoms with van der Waals surface area (Å²) >= 11 is 0. The maximum atomic E-state index is 15.0. The summed E-state index contributed by atoms with van der Waals surface area (Å²) in [5, 5.41) is 14.8. The average Bonchev–Trinajstić information content (AvgIpc) is 3.21. The van der Waals surface area contributed by atoms with Gasteiger partial charge in [0.05, 0.1) is 44.5 Å². The molecular weight excluding hydrogens is 427 g/mol. The zero-order chi connectivity index (χ0) is 23.8. The monoisotopic (exact) mass is 452 g/mol. The molecule has 4 rings (SSSR count). The minimum Gasteiger partial charge on any atom is -0.497 e. The standard InChI is InChI=1S/C23H25FN6O3/c1-23(2,31)13-30-20(27-17-8-15(32-4)9-19(33-5)21(17)24)7-6-16-22(30)28-18(11-25-16)14-10-26-29(3)12-14/h6-12,31H,13H2,1-5H3. The molecule has 4 aromatic rings. The van der Waals surface area contributed by atoms with Crippen molar-refractivity contribution < 1.29 is 19.0 Å². The lowest BCUT2D eigenvalue weighted by Gasteiger charge is -2.21. The third-order valence-corrected chi connectivity index (χ3v) is 4.93. The number of pyridine rings is 1. The first-order valence-corrected chi connectivity index (χ1v) is 10.2. The Balaban J connectivity index is 1.99. The highest BCUT2D eigenvalue weighted by atomic mass is 19.1. The van der Waals surface area contributed by atoms with Crippen molar-refractivity contribution in [3.63, 3.8) is 0 Å². The number of hydrogen-bond donors (Lipinski definition) is 1. The fourth-order valence-corrected chi connectivity index (χ4v) is 3.42. The van der Waals surface area contributed by atoms with Crippen LogP contribution in [0.25, 0.3) is 22.4 Å². The molecule has 33 heavy (non-hydrogen) atoms. The highest BCUT2D eigenvalue weighted by Gasteiger charge is 2.18. The molecule has 0 aliphatic carbocycles. The van der Waals surface area contributed by atoms with Gasteiger partial charge in [-0.3, -0.25) is 9.67 Å². The van der Waals surface area contributed by atoms with Crippen LogP contribution in [0.15, 0.2) is 47.8 Å². The molecule has 10 heteroatoms. The van der Waals surface area contributed by atoms with Crippen molar-refractivity contribution in [1.82, 2.24) is 24.3 Å². The molecule has 0 saturated heterocycles. The molecule has 0 aliphatic rings. The molecule has 3 heterocycles. The van der Waals surface area contributed by atoms with E-state index in [1.807, 2.05) is 13.2 Å². The fraction of sp³-hybridized carbons (Fsp3) is 0.304. The number of aryl methyl sites for hydroxylation is 1. The van der Waals surface area contributed by atoms with Crippen LogP contribution in [0.4, 0.5) is 10.1 Å². The Labute approximate surface area is 189 Å². The third-order valence-electron chi connectivity index (χ3n) is 4.93. The van der Waals surface area contributed by atoms with E-state index < -0.39 is 11.4 Å². The Kier molecular flexibility index (Phi) is 5.86. The van der Waals surface area contributed by atoms with E-state index in [0.29, 0.717) is 28.1 Å². The molecule has 9 nitrogen and oxygen atoms in total. The van der Waals surface area contributed by atoms with E-state index in [0.717, 1.165) is 5.56 Å². The first-order chi connectivity index (χ1) is 15.7. The summed E-state index contributed by atoms with van der Waals surface area (Å²) in [6, 6.07) is 6.39. The summed E-state index contributed by atoms with van der Waals surface area (Å²) in [5.41, 5.74) is 1.84. The second-order valence-electron chi connectivity index (χ2n) is 8.23. The number of ether oxygens (including phenoxy) is 2. The number of benzene rings is 1. The van der Waals surface area contributed by atoms with Gasteiger partial charge in [0.1, 0.15) is 22.4 Å². The predicted molar refractivity (Wildman–Crippen MR) is 121 cm³/mol. The Morgan fingerprint density at radius 1 is 1.15 bits per heavy atom. The molecule has 0 radical (unpaired) electrons. The lowest BCUT2D eigenvalue weighted by Crippen LogP contribution is -2.33. The Morgan fingerprint density at radius 2 is 1.94 bits per heavy atom. The molecule has 1 N–H and O–H groups in total. The van der Waals surface area contributed by atoms with Crippen LogP contribution in [-0.2, 0) is 13.6 Å². The van der Waals surface area contributed by atoms with Crippen LogP contribution in [0.3, 0.4) is 0 Å². The molecule has 0 amide bonds. The quantitative estimate of drug-likeness (QED) is 0.483. The first kappa shape index (κ1) is 22.4. The van der Waals surface area contributed by atoms with Gasteiger partial charge in [-0.05, 0) is 26.0 Å². The van der Waals surface area contributed by atoms with E-state index in [9.17, 15) is 9.50 Å². The topological polar surface area (TPSA) is 99.6 Å². The SMILES string of the molecule is COc1cc(N=c2ccc3ncc(-c4cnn(C)c4)nc3n2CC(C)(C)O)c(F)c(OC)c1. The molecule has 0 bridgehead atoms. The summed E-state index contributed by atoms with van der Waals surface area (Å²) in [6.45, 7) is 3.50.